The quantitative estimate of drug-likeness (QED) is 0.822. The molecular formula is C12H15BrFN. The topological polar surface area (TPSA) is 12.0 Å². The van der Waals surface area contributed by atoms with Crippen LogP contribution in [0.1, 0.15) is 25.5 Å². The number of hydrogen-bond donors (Lipinski definition) is 1. The van der Waals surface area contributed by atoms with Gasteiger partial charge in [-0.3, -0.25) is 0 Å². The minimum absolute atomic E-state index is 0.0000694. The van der Waals surface area contributed by atoms with Crippen molar-refractivity contribution in [1.82, 2.24) is 5.32 Å². The van der Waals surface area contributed by atoms with E-state index in [2.05, 4.69) is 27.8 Å². The Morgan fingerprint density at radius 1 is 1.60 bits per heavy atom. The van der Waals surface area contributed by atoms with Crippen molar-refractivity contribution < 1.29 is 4.39 Å². The second-order valence-electron chi connectivity index (χ2n) is 3.48. The molecule has 0 fully saturated rings. The van der Waals surface area contributed by atoms with Crippen LogP contribution in [-0.2, 0) is 0 Å². The zero-order valence-corrected chi connectivity index (χ0v) is 10.6. The van der Waals surface area contributed by atoms with Crippen LogP contribution in [0.2, 0.25) is 0 Å². The van der Waals surface area contributed by atoms with Crippen molar-refractivity contribution in [2.45, 2.75) is 19.9 Å². The summed E-state index contributed by atoms with van der Waals surface area (Å²) < 4.78 is 13.9. The molecule has 0 spiro atoms. The Morgan fingerprint density at radius 2 is 2.27 bits per heavy atom. The molecule has 0 aliphatic heterocycles. The van der Waals surface area contributed by atoms with Gasteiger partial charge in [-0.1, -0.05) is 31.2 Å². The van der Waals surface area contributed by atoms with Gasteiger partial charge < -0.3 is 5.32 Å². The highest BCUT2D eigenvalue weighted by Crippen LogP contribution is 2.29. The number of halogens is 2. The van der Waals surface area contributed by atoms with Gasteiger partial charge >= 0.3 is 0 Å². The molecule has 1 nitrogen and oxygen atoms in total. The number of nitrogens with one attached hydrogen (secondary N) is 1. The van der Waals surface area contributed by atoms with Crippen molar-refractivity contribution in [3.8, 4) is 0 Å². The van der Waals surface area contributed by atoms with Crippen LogP contribution in [-0.4, -0.2) is 6.54 Å². The van der Waals surface area contributed by atoms with Crippen LogP contribution in [0.3, 0.4) is 0 Å². The minimum atomic E-state index is -0.239. The Labute approximate surface area is 98.5 Å². The average Bonchev–Trinajstić information content (AvgIpc) is 2.19. The minimum Gasteiger partial charge on any atom is -0.307 e. The SMILES string of the molecule is C=C(C)C(NCC)c1cccc(F)c1Br. The zero-order valence-electron chi connectivity index (χ0n) is 8.98. The van der Waals surface area contributed by atoms with E-state index in [1.165, 1.54) is 6.07 Å². The lowest BCUT2D eigenvalue weighted by Gasteiger charge is -2.20. The molecule has 3 heteroatoms. The lowest BCUT2D eigenvalue weighted by molar-refractivity contribution is 0.591. The molecule has 0 aliphatic rings. The largest absolute Gasteiger partial charge is 0.307 e. The molecule has 1 N–H and O–H groups in total. The molecule has 0 aliphatic carbocycles. The van der Waals surface area contributed by atoms with E-state index >= 15 is 0 Å². The van der Waals surface area contributed by atoms with E-state index in [1.54, 1.807) is 6.07 Å². The van der Waals surface area contributed by atoms with Gasteiger partial charge in [0.15, 0.2) is 0 Å². The second-order valence-corrected chi connectivity index (χ2v) is 4.27. The number of likely N-dealkylation sites (N-methyl/N-ethyl adjacent to an activating group) is 1. The van der Waals surface area contributed by atoms with Crippen LogP contribution >= 0.6 is 15.9 Å². The highest BCUT2D eigenvalue weighted by molar-refractivity contribution is 9.10. The first-order chi connectivity index (χ1) is 7.07. The molecular weight excluding hydrogens is 257 g/mol. The third-order valence-corrected chi connectivity index (χ3v) is 3.03. The lowest BCUT2D eigenvalue weighted by Crippen LogP contribution is -2.22. The van der Waals surface area contributed by atoms with Crippen LogP contribution in [0.4, 0.5) is 4.39 Å². The smallest absolute Gasteiger partial charge is 0.137 e. The summed E-state index contributed by atoms with van der Waals surface area (Å²) in [5, 5.41) is 3.27. The van der Waals surface area contributed by atoms with Gasteiger partial charge in [-0.05, 0) is 41.0 Å². The van der Waals surface area contributed by atoms with Gasteiger partial charge in [-0.25, -0.2) is 4.39 Å². The standard InChI is InChI=1S/C12H15BrFN/c1-4-15-12(8(2)3)9-6-5-7-10(14)11(9)13/h5-7,12,15H,2,4H2,1,3H3. The first-order valence-corrected chi connectivity index (χ1v) is 5.70. The molecule has 82 valence electrons. The maximum absolute atomic E-state index is 13.3. The zero-order chi connectivity index (χ0) is 11.4. The summed E-state index contributed by atoms with van der Waals surface area (Å²) in [5.74, 6) is -0.239. The monoisotopic (exact) mass is 271 g/mol. The van der Waals surface area contributed by atoms with E-state index in [0.29, 0.717) is 4.47 Å². The van der Waals surface area contributed by atoms with E-state index in [0.717, 1.165) is 17.7 Å². The fourth-order valence-corrected chi connectivity index (χ4v) is 1.99. The van der Waals surface area contributed by atoms with Gasteiger partial charge in [0.2, 0.25) is 0 Å². The van der Waals surface area contributed by atoms with E-state index in [1.807, 2.05) is 19.9 Å². The Kier molecular flexibility index (Phi) is 4.48. The molecule has 1 rings (SSSR count). The first kappa shape index (κ1) is 12.4. The summed E-state index contributed by atoms with van der Waals surface area (Å²) >= 11 is 3.26. The summed E-state index contributed by atoms with van der Waals surface area (Å²) in [7, 11) is 0. The molecule has 0 saturated carbocycles. The molecule has 1 aromatic carbocycles. The highest BCUT2D eigenvalue weighted by atomic mass is 79.9. The van der Waals surface area contributed by atoms with Gasteiger partial charge in [0.05, 0.1) is 10.5 Å². The van der Waals surface area contributed by atoms with Crippen LogP contribution in [0, 0.1) is 5.82 Å². The van der Waals surface area contributed by atoms with Crippen LogP contribution in [0.25, 0.3) is 0 Å². The Balaban J connectivity index is 3.11. The summed E-state index contributed by atoms with van der Waals surface area (Å²) in [6.45, 7) is 8.69. The van der Waals surface area contributed by atoms with Crippen molar-refractivity contribution in [3.63, 3.8) is 0 Å². The van der Waals surface area contributed by atoms with Gasteiger partial charge in [-0.15, -0.1) is 0 Å². The molecule has 0 bridgehead atoms. The molecule has 1 atom stereocenters. The fourth-order valence-electron chi connectivity index (χ4n) is 1.50. The van der Waals surface area contributed by atoms with Crippen molar-refractivity contribution in [2.75, 3.05) is 6.54 Å². The van der Waals surface area contributed by atoms with Crippen LogP contribution < -0.4 is 5.32 Å². The van der Waals surface area contributed by atoms with Gasteiger partial charge in [-0.2, -0.15) is 0 Å². The highest BCUT2D eigenvalue weighted by Gasteiger charge is 2.15. The molecule has 0 heterocycles. The van der Waals surface area contributed by atoms with Crippen molar-refractivity contribution >= 4 is 15.9 Å². The summed E-state index contributed by atoms with van der Waals surface area (Å²) in [6, 6.07) is 5.05. The number of hydrogen-bond acceptors (Lipinski definition) is 1. The maximum Gasteiger partial charge on any atom is 0.137 e. The Morgan fingerprint density at radius 3 is 2.80 bits per heavy atom. The Hall–Kier alpha value is -0.670. The third kappa shape index (κ3) is 2.89. The predicted molar refractivity (Wildman–Crippen MR) is 65.3 cm³/mol. The molecule has 0 saturated heterocycles. The molecule has 1 unspecified atom stereocenters. The van der Waals surface area contributed by atoms with Gasteiger partial charge in [0.1, 0.15) is 5.82 Å². The first-order valence-electron chi connectivity index (χ1n) is 4.90. The molecule has 0 amide bonds. The fraction of sp³-hybridized carbons (Fsp3) is 0.333. The third-order valence-electron chi connectivity index (χ3n) is 2.19. The molecule has 0 aromatic heterocycles. The molecule has 1 aromatic rings. The van der Waals surface area contributed by atoms with Crippen molar-refractivity contribution in [1.29, 1.82) is 0 Å². The number of rotatable bonds is 4. The van der Waals surface area contributed by atoms with Gasteiger partial charge in [0, 0.05) is 0 Å². The maximum atomic E-state index is 13.3. The number of benzene rings is 1. The van der Waals surface area contributed by atoms with E-state index in [9.17, 15) is 4.39 Å². The Bertz CT molecular complexity index is 363. The lowest BCUT2D eigenvalue weighted by atomic mass is 10.0. The summed E-state index contributed by atoms with van der Waals surface area (Å²) in [4.78, 5) is 0. The second kappa shape index (κ2) is 5.42. The van der Waals surface area contributed by atoms with Crippen LogP contribution in [0.5, 0.6) is 0 Å². The summed E-state index contributed by atoms with van der Waals surface area (Å²) in [5.41, 5.74) is 1.87. The van der Waals surface area contributed by atoms with Crippen molar-refractivity contribution in [2.24, 2.45) is 0 Å². The van der Waals surface area contributed by atoms with E-state index in [-0.39, 0.29) is 11.9 Å². The molecule has 15 heavy (non-hydrogen) atoms. The van der Waals surface area contributed by atoms with E-state index < -0.39 is 0 Å². The normalized spacial score (nSPS) is 12.5. The summed E-state index contributed by atoms with van der Waals surface area (Å²) in [6.07, 6.45) is 0. The van der Waals surface area contributed by atoms with Crippen LogP contribution in [0.15, 0.2) is 34.8 Å². The van der Waals surface area contributed by atoms with E-state index in [4.69, 9.17) is 0 Å². The predicted octanol–water partition coefficient (Wildman–Crippen LogP) is 3.81. The van der Waals surface area contributed by atoms with Gasteiger partial charge in [0.25, 0.3) is 0 Å². The molecule has 0 radical (unpaired) electrons. The average molecular weight is 272 g/mol. The van der Waals surface area contributed by atoms with Crippen molar-refractivity contribution in [3.05, 3.63) is 46.2 Å².